The number of carboxylic acids is 1. The maximum absolute atomic E-state index is 11.8. The van der Waals surface area contributed by atoms with Crippen LogP contribution in [0, 0.1) is 5.92 Å². The second kappa shape index (κ2) is 6.39. The van der Waals surface area contributed by atoms with E-state index in [1.54, 1.807) is 12.1 Å². The third-order valence-electron chi connectivity index (χ3n) is 3.57. The highest BCUT2D eigenvalue weighted by Crippen LogP contribution is 2.25. The van der Waals surface area contributed by atoms with Gasteiger partial charge in [0.15, 0.2) is 0 Å². The summed E-state index contributed by atoms with van der Waals surface area (Å²) in [5, 5.41) is 8.96. The molecule has 1 amide bonds. The van der Waals surface area contributed by atoms with E-state index in [0.29, 0.717) is 18.5 Å². The SMILES string of the molecule is COC(=O)CCc1ccc(N2CC(C(=O)O)CC2=O)cc1. The number of esters is 1. The van der Waals surface area contributed by atoms with Crippen LogP contribution in [-0.4, -0.2) is 36.6 Å². The molecule has 0 spiro atoms. The lowest BCUT2D eigenvalue weighted by molar-refractivity contribution is -0.142. The van der Waals surface area contributed by atoms with Gasteiger partial charge in [0.1, 0.15) is 0 Å². The molecule has 1 heterocycles. The van der Waals surface area contributed by atoms with Crippen molar-refractivity contribution in [1.82, 2.24) is 0 Å². The monoisotopic (exact) mass is 291 g/mol. The topological polar surface area (TPSA) is 83.9 Å². The number of benzene rings is 1. The number of anilines is 1. The highest BCUT2D eigenvalue weighted by Gasteiger charge is 2.34. The molecule has 1 unspecified atom stereocenters. The van der Waals surface area contributed by atoms with E-state index in [9.17, 15) is 14.4 Å². The van der Waals surface area contributed by atoms with E-state index in [1.807, 2.05) is 12.1 Å². The molecule has 0 aromatic heterocycles. The average Bonchev–Trinajstić information content (AvgIpc) is 2.87. The van der Waals surface area contributed by atoms with Gasteiger partial charge in [-0.2, -0.15) is 0 Å². The number of hydrogen-bond acceptors (Lipinski definition) is 4. The Morgan fingerprint density at radius 3 is 2.52 bits per heavy atom. The lowest BCUT2D eigenvalue weighted by atomic mass is 10.1. The normalized spacial score (nSPS) is 17.9. The zero-order valence-corrected chi connectivity index (χ0v) is 11.7. The first-order chi connectivity index (χ1) is 10.0. The fourth-order valence-corrected chi connectivity index (χ4v) is 2.31. The molecule has 6 heteroatoms. The van der Waals surface area contributed by atoms with Crippen molar-refractivity contribution in [3.63, 3.8) is 0 Å². The molecule has 1 aromatic rings. The molecule has 0 saturated carbocycles. The number of amides is 1. The predicted molar refractivity (Wildman–Crippen MR) is 74.9 cm³/mol. The standard InChI is InChI=1S/C15H17NO5/c1-21-14(18)7-4-10-2-5-12(6-3-10)16-9-11(15(19)20)8-13(16)17/h2-3,5-6,11H,4,7-9H2,1H3,(H,19,20). The van der Waals surface area contributed by atoms with E-state index in [-0.39, 0.29) is 24.8 Å². The number of carbonyl (C=O) groups excluding carboxylic acids is 2. The Bertz CT molecular complexity index is 552. The second-order valence-electron chi connectivity index (χ2n) is 4.99. The first kappa shape index (κ1) is 15.0. The summed E-state index contributed by atoms with van der Waals surface area (Å²) in [6.07, 6.45) is 0.914. The molecule has 21 heavy (non-hydrogen) atoms. The van der Waals surface area contributed by atoms with E-state index in [2.05, 4.69) is 4.74 Å². The van der Waals surface area contributed by atoms with Gasteiger partial charge in [-0.05, 0) is 24.1 Å². The lowest BCUT2D eigenvalue weighted by Crippen LogP contribution is -2.25. The fraction of sp³-hybridized carbons (Fsp3) is 0.400. The number of methoxy groups -OCH3 is 1. The molecule has 1 aliphatic heterocycles. The van der Waals surface area contributed by atoms with Gasteiger partial charge in [-0.25, -0.2) is 0 Å². The summed E-state index contributed by atoms with van der Waals surface area (Å²) in [6, 6.07) is 7.21. The number of hydrogen-bond donors (Lipinski definition) is 1. The third-order valence-corrected chi connectivity index (χ3v) is 3.57. The predicted octanol–water partition coefficient (Wildman–Crippen LogP) is 1.23. The summed E-state index contributed by atoms with van der Waals surface area (Å²) in [7, 11) is 1.35. The smallest absolute Gasteiger partial charge is 0.308 e. The molecule has 1 atom stereocenters. The number of nitrogens with zero attached hydrogens (tertiary/aromatic N) is 1. The Hall–Kier alpha value is -2.37. The van der Waals surface area contributed by atoms with Crippen molar-refractivity contribution in [3.8, 4) is 0 Å². The maximum atomic E-state index is 11.8. The van der Waals surface area contributed by atoms with Crippen LogP contribution in [0.2, 0.25) is 0 Å². The summed E-state index contributed by atoms with van der Waals surface area (Å²) < 4.78 is 4.58. The Morgan fingerprint density at radius 1 is 1.33 bits per heavy atom. The number of carboxylic acid groups (broad SMARTS) is 1. The van der Waals surface area contributed by atoms with Crippen LogP contribution in [0.4, 0.5) is 5.69 Å². The molecular formula is C15H17NO5. The molecule has 1 N–H and O–H groups in total. The highest BCUT2D eigenvalue weighted by molar-refractivity contribution is 5.99. The Kier molecular flexibility index (Phi) is 4.57. The highest BCUT2D eigenvalue weighted by atomic mass is 16.5. The van der Waals surface area contributed by atoms with Crippen molar-refractivity contribution < 1.29 is 24.2 Å². The zero-order valence-electron chi connectivity index (χ0n) is 11.7. The van der Waals surface area contributed by atoms with Crippen molar-refractivity contribution in [2.75, 3.05) is 18.6 Å². The van der Waals surface area contributed by atoms with E-state index in [4.69, 9.17) is 5.11 Å². The van der Waals surface area contributed by atoms with Gasteiger partial charge < -0.3 is 14.7 Å². The van der Waals surface area contributed by atoms with Crippen molar-refractivity contribution in [2.45, 2.75) is 19.3 Å². The molecule has 1 aliphatic rings. The van der Waals surface area contributed by atoms with Crippen LogP contribution in [-0.2, 0) is 25.5 Å². The first-order valence-corrected chi connectivity index (χ1v) is 6.70. The van der Waals surface area contributed by atoms with Crippen LogP contribution in [0.1, 0.15) is 18.4 Å². The van der Waals surface area contributed by atoms with Gasteiger partial charge in [-0.1, -0.05) is 12.1 Å². The Morgan fingerprint density at radius 2 is 2.00 bits per heavy atom. The van der Waals surface area contributed by atoms with Crippen LogP contribution < -0.4 is 4.90 Å². The van der Waals surface area contributed by atoms with E-state index < -0.39 is 11.9 Å². The minimum atomic E-state index is -0.944. The Labute approximate surface area is 122 Å². The lowest BCUT2D eigenvalue weighted by Gasteiger charge is -2.16. The van der Waals surface area contributed by atoms with Crippen LogP contribution in [0.3, 0.4) is 0 Å². The average molecular weight is 291 g/mol. The van der Waals surface area contributed by atoms with E-state index in [1.165, 1.54) is 12.0 Å². The number of ether oxygens (including phenoxy) is 1. The number of aliphatic carboxylic acids is 1. The minimum Gasteiger partial charge on any atom is -0.481 e. The van der Waals surface area contributed by atoms with Crippen molar-refractivity contribution in [2.24, 2.45) is 5.92 Å². The molecule has 1 aromatic carbocycles. The summed E-state index contributed by atoms with van der Waals surface area (Å²) in [4.78, 5) is 35.3. The van der Waals surface area contributed by atoms with Gasteiger partial charge in [0.2, 0.25) is 5.91 Å². The quantitative estimate of drug-likeness (QED) is 0.825. The number of carbonyl (C=O) groups is 3. The molecule has 0 bridgehead atoms. The largest absolute Gasteiger partial charge is 0.481 e. The molecule has 112 valence electrons. The maximum Gasteiger partial charge on any atom is 0.308 e. The van der Waals surface area contributed by atoms with Crippen LogP contribution in [0.15, 0.2) is 24.3 Å². The van der Waals surface area contributed by atoms with Crippen molar-refractivity contribution in [3.05, 3.63) is 29.8 Å². The van der Waals surface area contributed by atoms with Crippen LogP contribution in [0.5, 0.6) is 0 Å². The van der Waals surface area contributed by atoms with Crippen LogP contribution in [0.25, 0.3) is 0 Å². The molecule has 2 rings (SSSR count). The van der Waals surface area contributed by atoms with E-state index in [0.717, 1.165) is 5.56 Å². The van der Waals surface area contributed by atoms with E-state index >= 15 is 0 Å². The molecule has 1 fully saturated rings. The Balaban J connectivity index is 2.00. The minimum absolute atomic E-state index is 0.0411. The molecule has 0 aliphatic carbocycles. The molecule has 1 saturated heterocycles. The van der Waals surface area contributed by atoms with Crippen molar-refractivity contribution in [1.29, 1.82) is 0 Å². The van der Waals surface area contributed by atoms with Crippen molar-refractivity contribution >= 4 is 23.5 Å². The van der Waals surface area contributed by atoms with Gasteiger partial charge in [-0.3, -0.25) is 14.4 Å². The van der Waals surface area contributed by atoms with Gasteiger partial charge in [-0.15, -0.1) is 0 Å². The third kappa shape index (κ3) is 3.59. The van der Waals surface area contributed by atoms with Gasteiger partial charge in [0, 0.05) is 25.1 Å². The second-order valence-corrected chi connectivity index (χ2v) is 4.99. The number of rotatable bonds is 5. The van der Waals surface area contributed by atoms with Gasteiger partial charge in [0.25, 0.3) is 0 Å². The zero-order chi connectivity index (χ0) is 15.4. The molecular weight excluding hydrogens is 274 g/mol. The van der Waals surface area contributed by atoms with Crippen LogP contribution >= 0.6 is 0 Å². The molecule has 6 nitrogen and oxygen atoms in total. The van der Waals surface area contributed by atoms with Gasteiger partial charge >= 0.3 is 11.9 Å². The number of aryl methyl sites for hydroxylation is 1. The fourth-order valence-electron chi connectivity index (χ4n) is 2.31. The summed E-state index contributed by atoms with van der Waals surface area (Å²) in [5.74, 6) is -2.03. The summed E-state index contributed by atoms with van der Waals surface area (Å²) in [6.45, 7) is 0.204. The summed E-state index contributed by atoms with van der Waals surface area (Å²) >= 11 is 0. The summed E-state index contributed by atoms with van der Waals surface area (Å²) in [5.41, 5.74) is 1.65. The first-order valence-electron chi connectivity index (χ1n) is 6.70. The molecule has 0 radical (unpaired) electrons. The van der Waals surface area contributed by atoms with Gasteiger partial charge in [0.05, 0.1) is 13.0 Å².